The first kappa shape index (κ1) is 15.8. The Morgan fingerprint density at radius 3 is 2.57 bits per heavy atom. The largest absolute Gasteiger partial charge is 0.496 e. The molecule has 0 aliphatic carbocycles. The third-order valence-corrected chi connectivity index (χ3v) is 3.91. The smallest absolute Gasteiger partial charge is 0.137 e. The van der Waals surface area contributed by atoms with Crippen molar-refractivity contribution in [1.82, 2.24) is 0 Å². The van der Waals surface area contributed by atoms with Gasteiger partial charge in [0.05, 0.1) is 23.2 Å². The fourth-order valence-corrected chi connectivity index (χ4v) is 2.57. The molecule has 2 nitrogen and oxygen atoms in total. The van der Waals surface area contributed by atoms with E-state index < -0.39 is 0 Å². The molecule has 2 aromatic rings. The molecule has 2 rings (SSSR count). The van der Waals surface area contributed by atoms with Crippen molar-refractivity contribution in [1.29, 1.82) is 0 Å². The maximum absolute atomic E-state index is 14.0. The van der Waals surface area contributed by atoms with Crippen LogP contribution in [0.25, 0.3) is 0 Å². The number of anilines is 1. The monoisotopic (exact) mass is 355 g/mol. The Morgan fingerprint density at radius 2 is 1.90 bits per heavy atom. The molecule has 21 heavy (non-hydrogen) atoms. The van der Waals surface area contributed by atoms with E-state index in [-0.39, 0.29) is 17.7 Å². The Balaban J connectivity index is 2.35. The van der Waals surface area contributed by atoms with Gasteiger partial charge in [-0.05, 0) is 59.6 Å². The fourth-order valence-electron chi connectivity index (χ4n) is 2.22. The van der Waals surface area contributed by atoms with E-state index >= 15 is 0 Å². The lowest BCUT2D eigenvalue weighted by molar-refractivity contribution is 0.402. The summed E-state index contributed by atoms with van der Waals surface area (Å²) in [4.78, 5) is 0. The third kappa shape index (κ3) is 3.35. The number of rotatable bonds is 4. The van der Waals surface area contributed by atoms with Gasteiger partial charge in [0.2, 0.25) is 0 Å². The van der Waals surface area contributed by atoms with Gasteiger partial charge < -0.3 is 10.1 Å². The maximum Gasteiger partial charge on any atom is 0.137 e. The highest BCUT2D eigenvalue weighted by molar-refractivity contribution is 9.10. The number of hydrogen-bond acceptors (Lipinski definition) is 2. The molecule has 0 amide bonds. The second kappa shape index (κ2) is 6.43. The SMILES string of the molecule is COc1cccc(F)c1C(C)Nc1cc(Br)c(F)cc1C. The molecule has 0 aliphatic rings. The summed E-state index contributed by atoms with van der Waals surface area (Å²) in [5, 5.41) is 3.19. The predicted octanol–water partition coefficient (Wildman–Crippen LogP) is 5.22. The van der Waals surface area contributed by atoms with Gasteiger partial charge in [-0.1, -0.05) is 6.07 Å². The number of ether oxygens (including phenoxy) is 1. The van der Waals surface area contributed by atoms with E-state index in [0.29, 0.717) is 15.8 Å². The minimum absolute atomic E-state index is 0.322. The molecule has 0 aromatic heterocycles. The minimum Gasteiger partial charge on any atom is -0.496 e. The summed E-state index contributed by atoms with van der Waals surface area (Å²) in [5.41, 5.74) is 1.93. The first-order chi connectivity index (χ1) is 9.93. The van der Waals surface area contributed by atoms with E-state index in [4.69, 9.17) is 4.74 Å². The Hall–Kier alpha value is -1.62. The zero-order valence-corrected chi connectivity index (χ0v) is 13.6. The third-order valence-electron chi connectivity index (χ3n) is 3.31. The number of aryl methyl sites for hydroxylation is 1. The zero-order valence-electron chi connectivity index (χ0n) is 12.0. The van der Waals surface area contributed by atoms with Crippen molar-refractivity contribution in [3.63, 3.8) is 0 Å². The van der Waals surface area contributed by atoms with Gasteiger partial charge in [-0.2, -0.15) is 0 Å². The van der Waals surface area contributed by atoms with Gasteiger partial charge in [0.25, 0.3) is 0 Å². The number of benzene rings is 2. The average Bonchev–Trinajstić information content (AvgIpc) is 2.44. The van der Waals surface area contributed by atoms with Crippen molar-refractivity contribution in [3.05, 3.63) is 57.6 Å². The summed E-state index contributed by atoms with van der Waals surface area (Å²) in [7, 11) is 1.50. The Bertz CT molecular complexity index is 661. The standard InChI is InChI=1S/C16H16BrF2NO/c1-9-7-13(19)11(17)8-14(9)20-10(2)16-12(18)5-4-6-15(16)21-3/h4-8,10,20H,1-3H3. The van der Waals surface area contributed by atoms with Crippen molar-refractivity contribution in [2.24, 2.45) is 0 Å². The fraction of sp³-hybridized carbons (Fsp3) is 0.250. The van der Waals surface area contributed by atoms with Gasteiger partial charge in [0.15, 0.2) is 0 Å². The van der Waals surface area contributed by atoms with Crippen molar-refractivity contribution < 1.29 is 13.5 Å². The second-order valence-electron chi connectivity index (χ2n) is 4.80. The van der Waals surface area contributed by atoms with Gasteiger partial charge in [-0.25, -0.2) is 8.78 Å². The van der Waals surface area contributed by atoms with E-state index in [2.05, 4.69) is 21.2 Å². The van der Waals surface area contributed by atoms with Crippen LogP contribution in [0.2, 0.25) is 0 Å². The molecular formula is C16H16BrF2NO. The van der Waals surface area contributed by atoms with Crippen LogP contribution in [0.3, 0.4) is 0 Å². The molecule has 0 spiro atoms. The van der Waals surface area contributed by atoms with Crippen molar-refractivity contribution in [2.75, 3.05) is 12.4 Å². The summed E-state index contributed by atoms with van der Waals surface area (Å²) >= 11 is 3.16. The molecule has 0 saturated heterocycles. The van der Waals surface area contributed by atoms with Crippen LogP contribution < -0.4 is 10.1 Å². The first-order valence-electron chi connectivity index (χ1n) is 6.48. The van der Waals surface area contributed by atoms with Gasteiger partial charge in [-0.3, -0.25) is 0 Å². The predicted molar refractivity (Wildman–Crippen MR) is 83.8 cm³/mol. The molecule has 1 atom stereocenters. The molecule has 1 N–H and O–H groups in total. The summed E-state index contributed by atoms with van der Waals surface area (Å²) in [6, 6.07) is 7.46. The zero-order chi connectivity index (χ0) is 15.6. The molecule has 0 aliphatic heterocycles. The molecule has 0 fully saturated rings. The number of nitrogens with one attached hydrogen (secondary N) is 1. The Morgan fingerprint density at radius 1 is 1.19 bits per heavy atom. The number of methoxy groups -OCH3 is 1. The van der Waals surface area contributed by atoms with E-state index in [1.807, 2.05) is 6.92 Å². The molecule has 0 heterocycles. The van der Waals surface area contributed by atoms with Crippen LogP contribution in [-0.2, 0) is 0 Å². The number of halogens is 3. The molecule has 5 heteroatoms. The molecule has 112 valence electrons. The van der Waals surface area contributed by atoms with Crippen LogP contribution in [0.15, 0.2) is 34.8 Å². The first-order valence-corrected chi connectivity index (χ1v) is 7.28. The van der Waals surface area contributed by atoms with Crippen molar-refractivity contribution in [2.45, 2.75) is 19.9 Å². The quantitative estimate of drug-likeness (QED) is 0.811. The summed E-state index contributed by atoms with van der Waals surface area (Å²) in [6.07, 6.45) is 0. The van der Waals surface area contributed by atoms with Gasteiger partial charge >= 0.3 is 0 Å². The highest BCUT2D eigenvalue weighted by atomic mass is 79.9. The maximum atomic E-state index is 14.0. The summed E-state index contributed by atoms with van der Waals surface area (Å²) < 4.78 is 33.1. The van der Waals surface area contributed by atoms with Gasteiger partial charge in [0, 0.05) is 5.69 Å². The lowest BCUT2D eigenvalue weighted by Gasteiger charge is -2.20. The lowest BCUT2D eigenvalue weighted by atomic mass is 10.1. The molecule has 2 aromatic carbocycles. The lowest BCUT2D eigenvalue weighted by Crippen LogP contribution is -2.11. The van der Waals surface area contributed by atoms with E-state index in [1.54, 1.807) is 25.1 Å². The van der Waals surface area contributed by atoms with Crippen LogP contribution in [0, 0.1) is 18.6 Å². The van der Waals surface area contributed by atoms with Crippen LogP contribution in [0.4, 0.5) is 14.5 Å². The van der Waals surface area contributed by atoms with E-state index in [0.717, 1.165) is 11.3 Å². The molecule has 1 unspecified atom stereocenters. The van der Waals surface area contributed by atoms with Crippen LogP contribution >= 0.6 is 15.9 Å². The molecular weight excluding hydrogens is 340 g/mol. The topological polar surface area (TPSA) is 21.3 Å². The molecule has 0 radical (unpaired) electrons. The van der Waals surface area contributed by atoms with Crippen molar-refractivity contribution in [3.8, 4) is 5.75 Å². The van der Waals surface area contributed by atoms with E-state index in [9.17, 15) is 8.78 Å². The normalized spacial score (nSPS) is 12.1. The minimum atomic E-state index is -0.340. The van der Waals surface area contributed by atoms with Gasteiger partial charge in [0.1, 0.15) is 17.4 Å². The van der Waals surface area contributed by atoms with Crippen LogP contribution in [0.1, 0.15) is 24.1 Å². The van der Waals surface area contributed by atoms with Crippen LogP contribution in [0.5, 0.6) is 5.75 Å². The number of hydrogen-bond donors (Lipinski definition) is 1. The summed E-state index contributed by atoms with van der Waals surface area (Å²) in [5.74, 6) is -0.184. The van der Waals surface area contributed by atoms with Crippen molar-refractivity contribution >= 4 is 21.6 Å². The molecule has 0 saturated carbocycles. The van der Waals surface area contributed by atoms with E-state index in [1.165, 1.54) is 19.2 Å². The second-order valence-corrected chi connectivity index (χ2v) is 5.66. The Labute approximate surface area is 131 Å². The Kier molecular flexibility index (Phi) is 4.83. The van der Waals surface area contributed by atoms with Crippen LogP contribution in [-0.4, -0.2) is 7.11 Å². The summed E-state index contributed by atoms with van der Waals surface area (Å²) in [6.45, 7) is 3.63. The molecule has 0 bridgehead atoms. The average molecular weight is 356 g/mol. The van der Waals surface area contributed by atoms with Gasteiger partial charge in [-0.15, -0.1) is 0 Å². The highest BCUT2D eigenvalue weighted by Gasteiger charge is 2.17. The highest BCUT2D eigenvalue weighted by Crippen LogP contribution is 2.32.